The second-order valence-electron chi connectivity index (χ2n) is 3.45. The quantitative estimate of drug-likeness (QED) is 0.574. The van der Waals surface area contributed by atoms with E-state index in [4.69, 9.17) is 5.11 Å². The van der Waals surface area contributed by atoms with Crippen molar-refractivity contribution >= 4 is 0 Å². The molecule has 0 aromatic heterocycles. The molecular weight excluding hydrogens is 138 g/mol. The van der Waals surface area contributed by atoms with E-state index in [9.17, 15) is 0 Å². The molecule has 68 valence electrons. The van der Waals surface area contributed by atoms with Crippen LogP contribution >= 0.6 is 0 Å². The summed E-state index contributed by atoms with van der Waals surface area (Å²) in [6.45, 7) is 8.17. The molecule has 0 aliphatic heterocycles. The van der Waals surface area contributed by atoms with E-state index in [1.165, 1.54) is 6.42 Å². The van der Waals surface area contributed by atoms with Gasteiger partial charge in [0.2, 0.25) is 0 Å². The Morgan fingerprint density at radius 1 is 1.36 bits per heavy atom. The maximum absolute atomic E-state index is 9.16. The first-order valence-electron chi connectivity index (χ1n) is 4.55. The molecule has 2 nitrogen and oxygen atoms in total. The van der Waals surface area contributed by atoms with Crippen LogP contribution in [-0.4, -0.2) is 24.3 Å². The summed E-state index contributed by atoms with van der Waals surface area (Å²) in [4.78, 5) is 0. The van der Waals surface area contributed by atoms with Crippen LogP contribution < -0.4 is 5.32 Å². The van der Waals surface area contributed by atoms with Crippen LogP contribution in [0.4, 0.5) is 0 Å². The lowest BCUT2D eigenvalue weighted by Gasteiger charge is -2.10. The van der Waals surface area contributed by atoms with Crippen molar-refractivity contribution in [2.45, 2.75) is 39.7 Å². The molecule has 0 aliphatic carbocycles. The predicted octanol–water partition coefficient (Wildman–Crippen LogP) is 1.39. The van der Waals surface area contributed by atoms with E-state index in [0.29, 0.717) is 0 Å². The molecule has 0 heterocycles. The van der Waals surface area contributed by atoms with Gasteiger partial charge in [-0.1, -0.05) is 20.8 Å². The molecule has 1 atom stereocenters. The maximum Gasteiger partial charge on any atom is 0.0662 e. The summed E-state index contributed by atoms with van der Waals surface area (Å²) in [5, 5.41) is 12.4. The van der Waals surface area contributed by atoms with Crippen LogP contribution in [0.15, 0.2) is 0 Å². The Bertz CT molecular complexity index is 83.6. The van der Waals surface area contributed by atoms with Crippen molar-refractivity contribution in [3.05, 3.63) is 0 Å². The van der Waals surface area contributed by atoms with Crippen molar-refractivity contribution in [3.8, 4) is 0 Å². The molecule has 0 saturated heterocycles. The highest BCUT2D eigenvalue weighted by atomic mass is 16.3. The van der Waals surface area contributed by atoms with Crippen molar-refractivity contribution in [2.75, 3.05) is 13.1 Å². The minimum Gasteiger partial charge on any atom is -0.392 e. The number of aliphatic hydroxyl groups excluding tert-OH is 1. The minimum absolute atomic E-state index is 0.165. The molecule has 0 rings (SSSR count). The van der Waals surface area contributed by atoms with Gasteiger partial charge in [0, 0.05) is 6.54 Å². The third kappa shape index (κ3) is 7.82. The van der Waals surface area contributed by atoms with E-state index < -0.39 is 0 Å². The Labute approximate surface area is 70.0 Å². The Morgan fingerprint density at radius 2 is 2.00 bits per heavy atom. The predicted molar refractivity (Wildman–Crippen MR) is 48.6 cm³/mol. The molecule has 0 spiro atoms. The molecule has 0 radical (unpaired) electrons. The van der Waals surface area contributed by atoms with Crippen molar-refractivity contribution in [2.24, 2.45) is 5.92 Å². The lowest BCUT2D eigenvalue weighted by atomic mass is 10.1. The van der Waals surface area contributed by atoms with E-state index in [0.717, 1.165) is 25.4 Å². The zero-order valence-electron chi connectivity index (χ0n) is 7.93. The van der Waals surface area contributed by atoms with Gasteiger partial charge < -0.3 is 10.4 Å². The summed E-state index contributed by atoms with van der Waals surface area (Å²) in [6, 6.07) is 0. The summed E-state index contributed by atoms with van der Waals surface area (Å²) in [5.41, 5.74) is 0. The molecule has 0 bridgehead atoms. The SMILES string of the molecule is CCC(O)CNCCC(C)C. The van der Waals surface area contributed by atoms with Crippen LogP contribution in [0.25, 0.3) is 0 Å². The number of nitrogens with one attached hydrogen (secondary N) is 1. The lowest BCUT2D eigenvalue weighted by molar-refractivity contribution is 0.167. The van der Waals surface area contributed by atoms with Crippen LogP contribution in [0.5, 0.6) is 0 Å². The lowest BCUT2D eigenvalue weighted by Crippen LogP contribution is -2.27. The van der Waals surface area contributed by atoms with E-state index in [1.54, 1.807) is 0 Å². The van der Waals surface area contributed by atoms with Crippen molar-refractivity contribution in [3.63, 3.8) is 0 Å². The van der Waals surface area contributed by atoms with Crippen LogP contribution in [0.1, 0.15) is 33.6 Å². The number of rotatable bonds is 6. The first kappa shape index (κ1) is 10.9. The summed E-state index contributed by atoms with van der Waals surface area (Å²) < 4.78 is 0. The standard InChI is InChI=1S/C9H21NO/c1-4-9(11)7-10-6-5-8(2)3/h8-11H,4-7H2,1-3H3. The van der Waals surface area contributed by atoms with Gasteiger partial charge in [-0.05, 0) is 25.3 Å². The molecule has 2 heteroatoms. The van der Waals surface area contributed by atoms with Crippen LogP contribution in [0.3, 0.4) is 0 Å². The first-order valence-corrected chi connectivity index (χ1v) is 4.55. The third-order valence-electron chi connectivity index (χ3n) is 1.75. The second kappa shape index (κ2) is 6.62. The molecule has 1 unspecified atom stereocenters. The summed E-state index contributed by atoms with van der Waals surface area (Å²) >= 11 is 0. The largest absolute Gasteiger partial charge is 0.392 e. The average molecular weight is 159 g/mol. The van der Waals surface area contributed by atoms with E-state index in [2.05, 4.69) is 19.2 Å². The third-order valence-corrected chi connectivity index (χ3v) is 1.75. The van der Waals surface area contributed by atoms with E-state index in [-0.39, 0.29) is 6.10 Å². The van der Waals surface area contributed by atoms with Gasteiger partial charge in [-0.15, -0.1) is 0 Å². The molecule has 0 aromatic rings. The van der Waals surface area contributed by atoms with Gasteiger partial charge in [0.15, 0.2) is 0 Å². The molecule has 0 saturated carbocycles. The van der Waals surface area contributed by atoms with Gasteiger partial charge in [0.1, 0.15) is 0 Å². The maximum atomic E-state index is 9.16. The van der Waals surface area contributed by atoms with Crippen molar-refractivity contribution in [1.82, 2.24) is 5.32 Å². The molecule has 2 N–H and O–H groups in total. The highest BCUT2D eigenvalue weighted by Gasteiger charge is 1.98. The van der Waals surface area contributed by atoms with Gasteiger partial charge >= 0.3 is 0 Å². The molecule has 0 aromatic carbocycles. The van der Waals surface area contributed by atoms with Crippen LogP contribution in [0, 0.1) is 5.92 Å². The summed E-state index contributed by atoms with van der Waals surface area (Å²) in [5.74, 6) is 0.751. The monoisotopic (exact) mass is 159 g/mol. The molecule has 0 aliphatic rings. The average Bonchev–Trinajstić information content (AvgIpc) is 1.97. The Kier molecular flexibility index (Phi) is 6.57. The van der Waals surface area contributed by atoms with Gasteiger partial charge in [0.05, 0.1) is 6.10 Å². The van der Waals surface area contributed by atoms with Crippen LogP contribution in [-0.2, 0) is 0 Å². The Hall–Kier alpha value is -0.0800. The minimum atomic E-state index is -0.165. The van der Waals surface area contributed by atoms with Crippen molar-refractivity contribution in [1.29, 1.82) is 0 Å². The number of aliphatic hydroxyl groups is 1. The molecule has 0 amide bonds. The fourth-order valence-corrected chi connectivity index (χ4v) is 0.804. The Morgan fingerprint density at radius 3 is 2.45 bits per heavy atom. The van der Waals surface area contributed by atoms with Gasteiger partial charge in [-0.3, -0.25) is 0 Å². The molecule has 11 heavy (non-hydrogen) atoms. The van der Waals surface area contributed by atoms with E-state index >= 15 is 0 Å². The normalized spacial score (nSPS) is 13.9. The summed E-state index contributed by atoms with van der Waals surface area (Å²) in [7, 11) is 0. The summed E-state index contributed by atoms with van der Waals surface area (Å²) in [6.07, 6.45) is 1.87. The number of hydrogen-bond acceptors (Lipinski definition) is 2. The highest BCUT2D eigenvalue weighted by molar-refractivity contribution is 4.57. The fourth-order valence-electron chi connectivity index (χ4n) is 0.804. The molecular formula is C9H21NO. The smallest absolute Gasteiger partial charge is 0.0662 e. The van der Waals surface area contributed by atoms with Crippen molar-refractivity contribution < 1.29 is 5.11 Å². The second-order valence-corrected chi connectivity index (χ2v) is 3.45. The van der Waals surface area contributed by atoms with Gasteiger partial charge in [-0.25, -0.2) is 0 Å². The van der Waals surface area contributed by atoms with Crippen LogP contribution in [0.2, 0.25) is 0 Å². The zero-order chi connectivity index (χ0) is 8.69. The highest BCUT2D eigenvalue weighted by Crippen LogP contribution is 1.96. The zero-order valence-corrected chi connectivity index (χ0v) is 7.93. The van der Waals surface area contributed by atoms with Gasteiger partial charge in [0.25, 0.3) is 0 Å². The fraction of sp³-hybridized carbons (Fsp3) is 1.00. The number of hydrogen-bond donors (Lipinski definition) is 2. The van der Waals surface area contributed by atoms with E-state index in [1.807, 2.05) is 6.92 Å². The molecule has 0 fully saturated rings. The van der Waals surface area contributed by atoms with Gasteiger partial charge in [-0.2, -0.15) is 0 Å². The topological polar surface area (TPSA) is 32.3 Å². The first-order chi connectivity index (χ1) is 5.16. The Balaban J connectivity index is 3.01.